The third kappa shape index (κ3) is 2.44. The van der Waals surface area contributed by atoms with Gasteiger partial charge in [0.15, 0.2) is 0 Å². The van der Waals surface area contributed by atoms with Crippen molar-refractivity contribution in [2.75, 3.05) is 19.0 Å². The zero-order valence-corrected chi connectivity index (χ0v) is 10.8. The van der Waals surface area contributed by atoms with Gasteiger partial charge in [0.2, 0.25) is 0 Å². The molecule has 2 aromatic rings. The lowest BCUT2D eigenvalue weighted by molar-refractivity contribution is 0.484. The number of fused-ring (bicyclic) bond motifs is 1. The van der Waals surface area contributed by atoms with E-state index in [2.05, 4.69) is 0 Å². The van der Waals surface area contributed by atoms with Crippen LogP contribution in [0.2, 0.25) is 0 Å². The van der Waals surface area contributed by atoms with E-state index in [0.29, 0.717) is 5.39 Å². The Labute approximate surface area is 105 Å². The van der Waals surface area contributed by atoms with Crippen molar-refractivity contribution in [2.24, 2.45) is 0 Å². The van der Waals surface area contributed by atoms with Gasteiger partial charge in [-0.15, -0.1) is 0 Å². The van der Waals surface area contributed by atoms with Crippen molar-refractivity contribution in [1.82, 2.24) is 0 Å². The smallest absolute Gasteiger partial charge is 0.295 e. The van der Waals surface area contributed by atoms with E-state index in [1.807, 2.05) is 31.1 Å². The summed E-state index contributed by atoms with van der Waals surface area (Å²) in [5, 5.41) is 1.33. The van der Waals surface area contributed by atoms with E-state index < -0.39 is 10.1 Å². The van der Waals surface area contributed by atoms with Gasteiger partial charge in [-0.25, -0.2) is 0 Å². The molecule has 0 aliphatic heterocycles. The maximum atomic E-state index is 11.3. The Morgan fingerprint density at radius 3 is 2.11 bits per heavy atom. The molecule has 0 bridgehead atoms. The van der Waals surface area contributed by atoms with Crippen LogP contribution in [-0.2, 0) is 10.1 Å². The van der Waals surface area contributed by atoms with Gasteiger partial charge >= 0.3 is 0 Å². The highest BCUT2D eigenvalue weighted by molar-refractivity contribution is 7.86. The van der Waals surface area contributed by atoms with Gasteiger partial charge in [0.25, 0.3) is 10.1 Å². The number of hydrogen-bond donors (Lipinski definition) is 1. The number of hydrogen-bond acceptors (Lipinski definition) is 3. The van der Waals surface area contributed by atoms with Crippen LogP contribution in [0.25, 0.3) is 10.8 Å². The van der Waals surface area contributed by atoms with Crippen molar-refractivity contribution < 1.29 is 17.7 Å². The summed E-state index contributed by atoms with van der Waals surface area (Å²) in [6, 6.07) is 10.2. The summed E-state index contributed by atoms with van der Waals surface area (Å²) in [7, 11) is -0.423. The maximum Gasteiger partial charge on any atom is 0.295 e. The highest BCUT2D eigenvalue weighted by atomic mass is 32.2. The van der Waals surface area contributed by atoms with Crippen LogP contribution in [0.3, 0.4) is 0 Å². The molecule has 2 rings (SSSR count). The first kappa shape index (κ1) is 14.4. The number of nitrogens with zero attached hydrogens (tertiary/aromatic N) is 1. The molecule has 0 atom stereocenters. The zero-order chi connectivity index (χ0) is 12.6. The highest BCUT2D eigenvalue weighted by Gasteiger charge is 2.14. The molecule has 0 amide bonds. The first-order chi connectivity index (χ1) is 7.91. The van der Waals surface area contributed by atoms with Crippen molar-refractivity contribution in [3.63, 3.8) is 0 Å². The molecular formula is C12H14FNO3S. The predicted molar refractivity (Wildman–Crippen MR) is 70.6 cm³/mol. The van der Waals surface area contributed by atoms with Gasteiger partial charge < -0.3 is 4.90 Å². The zero-order valence-electron chi connectivity index (χ0n) is 9.99. The molecule has 0 saturated heterocycles. The van der Waals surface area contributed by atoms with E-state index in [9.17, 15) is 13.0 Å². The maximum absolute atomic E-state index is 11.3. The lowest BCUT2D eigenvalue weighted by atomic mass is 10.1. The van der Waals surface area contributed by atoms with Gasteiger partial charge in [0.05, 0.1) is 0 Å². The average Bonchev–Trinajstić information content (AvgIpc) is 2.26. The molecule has 6 heteroatoms. The topological polar surface area (TPSA) is 57.6 Å². The van der Waals surface area contributed by atoms with Gasteiger partial charge in [-0.05, 0) is 12.1 Å². The van der Waals surface area contributed by atoms with Crippen LogP contribution in [0, 0.1) is 0 Å². The van der Waals surface area contributed by atoms with E-state index in [1.54, 1.807) is 18.2 Å². The number of anilines is 1. The second kappa shape index (κ2) is 4.91. The van der Waals surface area contributed by atoms with Crippen molar-refractivity contribution in [2.45, 2.75) is 4.90 Å². The Hall–Kier alpha value is -1.66. The molecule has 0 heterocycles. The largest absolute Gasteiger partial charge is 0.377 e. The molecule has 98 valence electrons. The fraction of sp³-hybridized carbons (Fsp3) is 0.167. The summed E-state index contributed by atoms with van der Waals surface area (Å²) in [6.07, 6.45) is 0. The van der Waals surface area contributed by atoms with E-state index in [-0.39, 0.29) is 9.60 Å². The number of rotatable bonds is 2. The molecule has 0 aliphatic rings. The fourth-order valence-electron chi connectivity index (χ4n) is 1.88. The Bertz CT molecular complexity index is 668. The minimum Gasteiger partial charge on any atom is -0.377 e. The molecule has 0 unspecified atom stereocenters. The second-order valence-corrected chi connectivity index (χ2v) is 5.39. The van der Waals surface area contributed by atoms with Gasteiger partial charge in [0.1, 0.15) is 4.90 Å². The third-order valence-electron chi connectivity index (χ3n) is 2.62. The number of benzene rings is 2. The first-order valence-corrected chi connectivity index (χ1v) is 6.52. The molecule has 0 saturated carbocycles. The van der Waals surface area contributed by atoms with Crippen LogP contribution >= 0.6 is 0 Å². The normalized spacial score (nSPS) is 11.1. The van der Waals surface area contributed by atoms with Crippen LogP contribution < -0.4 is 4.90 Å². The third-order valence-corrected chi connectivity index (χ3v) is 3.53. The van der Waals surface area contributed by atoms with Gasteiger partial charge in [-0.1, -0.05) is 24.3 Å². The standard InChI is InChI=1S/C12H13NO3S.FH/c1-13(2)11-7-3-6-10-9(11)5-4-8-12(10)17(14,15)16;/h3-8H,1-2H3,(H,14,15,16);1H. The molecule has 2 aromatic carbocycles. The number of halogens is 1. The molecule has 18 heavy (non-hydrogen) atoms. The molecule has 1 N–H and O–H groups in total. The van der Waals surface area contributed by atoms with Crippen LogP contribution in [0.5, 0.6) is 0 Å². The minimum absolute atomic E-state index is 0. The van der Waals surface area contributed by atoms with Gasteiger partial charge in [-0.2, -0.15) is 8.42 Å². The van der Waals surface area contributed by atoms with Crippen molar-refractivity contribution in [1.29, 1.82) is 0 Å². The van der Waals surface area contributed by atoms with E-state index in [0.717, 1.165) is 11.1 Å². The summed E-state index contributed by atoms with van der Waals surface area (Å²) >= 11 is 0. The predicted octanol–water partition coefficient (Wildman–Crippen LogP) is 2.31. The summed E-state index contributed by atoms with van der Waals surface area (Å²) in [4.78, 5) is 1.84. The van der Waals surface area contributed by atoms with E-state index in [4.69, 9.17) is 0 Å². The lowest BCUT2D eigenvalue weighted by Crippen LogP contribution is -2.09. The Morgan fingerprint density at radius 2 is 1.56 bits per heavy atom. The summed E-state index contributed by atoms with van der Waals surface area (Å²) in [5.41, 5.74) is 0.910. The van der Waals surface area contributed by atoms with E-state index >= 15 is 0 Å². The highest BCUT2D eigenvalue weighted by Crippen LogP contribution is 2.29. The molecule has 0 spiro atoms. The van der Waals surface area contributed by atoms with Crippen LogP contribution in [0.1, 0.15) is 0 Å². The minimum atomic E-state index is -4.19. The molecule has 0 aliphatic carbocycles. The lowest BCUT2D eigenvalue weighted by Gasteiger charge is -2.16. The molecule has 0 aromatic heterocycles. The van der Waals surface area contributed by atoms with Crippen LogP contribution in [-0.4, -0.2) is 27.1 Å². The molecule has 0 fully saturated rings. The molecule has 0 radical (unpaired) electrons. The van der Waals surface area contributed by atoms with Crippen molar-refractivity contribution >= 4 is 26.6 Å². The van der Waals surface area contributed by atoms with Crippen molar-refractivity contribution in [3.05, 3.63) is 36.4 Å². The van der Waals surface area contributed by atoms with Crippen LogP contribution in [0.4, 0.5) is 10.4 Å². The quantitative estimate of drug-likeness (QED) is 0.851. The summed E-state index contributed by atoms with van der Waals surface area (Å²) in [5.74, 6) is 0. The summed E-state index contributed by atoms with van der Waals surface area (Å²) in [6.45, 7) is 0. The fourth-order valence-corrected chi connectivity index (χ4v) is 2.59. The molecular weight excluding hydrogens is 257 g/mol. The molecule has 4 nitrogen and oxygen atoms in total. The Kier molecular flexibility index (Phi) is 3.93. The van der Waals surface area contributed by atoms with Gasteiger partial charge in [-0.3, -0.25) is 9.26 Å². The monoisotopic (exact) mass is 271 g/mol. The van der Waals surface area contributed by atoms with Crippen molar-refractivity contribution in [3.8, 4) is 0 Å². The van der Waals surface area contributed by atoms with Crippen LogP contribution in [0.15, 0.2) is 41.3 Å². The summed E-state index contributed by atoms with van der Waals surface area (Å²) < 4.78 is 31.7. The Morgan fingerprint density at radius 1 is 1.00 bits per heavy atom. The van der Waals surface area contributed by atoms with Gasteiger partial charge in [0, 0.05) is 30.6 Å². The SMILES string of the molecule is CN(C)c1cccc2c(S(=O)(=O)O)cccc12.F. The van der Waals surface area contributed by atoms with E-state index in [1.165, 1.54) is 6.07 Å². The second-order valence-electron chi connectivity index (χ2n) is 4.00. The average molecular weight is 271 g/mol. The first-order valence-electron chi connectivity index (χ1n) is 5.08. The Balaban J connectivity index is 0.00000162.